The second-order valence-electron chi connectivity index (χ2n) is 5.18. The van der Waals surface area contributed by atoms with Crippen molar-refractivity contribution >= 4 is 11.9 Å². The molecule has 0 saturated heterocycles. The van der Waals surface area contributed by atoms with Crippen molar-refractivity contribution in [2.45, 2.75) is 25.2 Å². The molecule has 1 N–H and O–H groups in total. The lowest BCUT2D eigenvalue weighted by Crippen LogP contribution is -2.12. The number of hydrogen-bond donors (Lipinski definition) is 1. The van der Waals surface area contributed by atoms with E-state index in [4.69, 9.17) is 9.26 Å². The standard InChI is InChI=1S/C16H18N2O3/c1-17-15-14-12(4-3-5-13(14)18-21-15)10-6-8-11(9-7-10)16(19)20-2/h6-9,12,17H,3-5H2,1-2H3. The van der Waals surface area contributed by atoms with Crippen LogP contribution in [0.3, 0.4) is 0 Å². The number of methoxy groups -OCH3 is 1. The van der Waals surface area contributed by atoms with Crippen molar-refractivity contribution in [3.63, 3.8) is 0 Å². The molecule has 1 aliphatic carbocycles. The summed E-state index contributed by atoms with van der Waals surface area (Å²) in [5.74, 6) is 0.688. The van der Waals surface area contributed by atoms with E-state index >= 15 is 0 Å². The number of carbonyl (C=O) groups excluding carboxylic acids is 1. The van der Waals surface area contributed by atoms with Crippen molar-refractivity contribution in [3.05, 3.63) is 46.6 Å². The van der Waals surface area contributed by atoms with E-state index in [2.05, 4.69) is 10.5 Å². The van der Waals surface area contributed by atoms with E-state index in [1.165, 1.54) is 12.7 Å². The van der Waals surface area contributed by atoms with E-state index < -0.39 is 0 Å². The first kappa shape index (κ1) is 13.7. The zero-order valence-electron chi connectivity index (χ0n) is 12.2. The first-order valence-corrected chi connectivity index (χ1v) is 7.09. The number of nitrogens with one attached hydrogen (secondary N) is 1. The number of benzene rings is 1. The van der Waals surface area contributed by atoms with Crippen LogP contribution in [0.15, 0.2) is 28.8 Å². The van der Waals surface area contributed by atoms with E-state index in [0.717, 1.165) is 36.4 Å². The first-order chi connectivity index (χ1) is 10.2. The van der Waals surface area contributed by atoms with Crippen LogP contribution in [0, 0.1) is 0 Å². The number of ether oxygens (including phenoxy) is 1. The van der Waals surface area contributed by atoms with Crippen LogP contribution >= 0.6 is 0 Å². The number of esters is 1. The minimum absolute atomic E-state index is 0.258. The quantitative estimate of drug-likeness (QED) is 0.879. The molecule has 1 aliphatic rings. The highest BCUT2D eigenvalue weighted by Gasteiger charge is 2.29. The van der Waals surface area contributed by atoms with Gasteiger partial charge in [-0.1, -0.05) is 17.3 Å². The lowest BCUT2D eigenvalue weighted by Gasteiger charge is -2.22. The molecule has 1 aromatic heterocycles. The van der Waals surface area contributed by atoms with E-state index in [1.807, 2.05) is 31.3 Å². The van der Waals surface area contributed by atoms with Gasteiger partial charge in [0.1, 0.15) is 0 Å². The lowest BCUT2D eigenvalue weighted by atomic mass is 9.81. The largest absolute Gasteiger partial charge is 0.465 e. The van der Waals surface area contributed by atoms with Crippen molar-refractivity contribution in [3.8, 4) is 0 Å². The third-order valence-electron chi connectivity index (χ3n) is 4.02. The van der Waals surface area contributed by atoms with Crippen LogP contribution in [-0.4, -0.2) is 25.3 Å². The van der Waals surface area contributed by atoms with Crippen LogP contribution in [0.1, 0.15) is 45.9 Å². The number of hydrogen-bond acceptors (Lipinski definition) is 5. The predicted octanol–water partition coefficient (Wildman–Crippen LogP) is 2.97. The highest BCUT2D eigenvalue weighted by molar-refractivity contribution is 5.89. The van der Waals surface area contributed by atoms with Gasteiger partial charge in [-0.2, -0.15) is 0 Å². The number of rotatable bonds is 3. The van der Waals surface area contributed by atoms with Crippen molar-refractivity contribution in [2.24, 2.45) is 0 Å². The summed E-state index contributed by atoms with van der Waals surface area (Å²) in [5.41, 5.74) is 3.92. The summed E-state index contributed by atoms with van der Waals surface area (Å²) in [6.45, 7) is 0. The molecule has 1 heterocycles. The minimum atomic E-state index is -0.313. The maximum atomic E-state index is 11.5. The molecule has 5 nitrogen and oxygen atoms in total. The summed E-state index contributed by atoms with van der Waals surface area (Å²) < 4.78 is 10.1. The molecule has 0 spiro atoms. The fourth-order valence-corrected chi connectivity index (χ4v) is 2.97. The smallest absolute Gasteiger partial charge is 0.337 e. The SMILES string of the molecule is CNc1onc2c1C(c1ccc(C(=O)OC)cc1)CCC2. The molecule has 1 unspecified atom stereocenters. The predicted molar refractivity (Wildman–Crippen MR) is 78.6 cm³/mol. The van der Waals surface area contributed by atoms with Gasteiger partial charge in [-0.15, -0.1) is 0 Å². The Kier molecular flexibility index (Phi) is 3.64. The zero-order valence-corrected chi connectivity index (χ0v) is 12.2. The number of nitrogens with zero attached hydrogens (tertiary/aromatic N) is 1. The second-order valence-corrected chi connectivity index (χ2v) is 5.18. The summed E-state index contributed by atoms with van der Waals surface area (Å²) >= 11 is 0. The number of anilines is 1. The molecule has 0 radical (unpaired) electrons. The van der Waals surface area contributed by atoms with Crippen molar-refractivity contribution < 1.29 is 14.1 Å². The second kappa shape index (κ2) is 5.60. The van der Waals surface area contributed by atoms with E-state index in [-0.39, 0.29) is 11.9 Å². The molecule has 5 heteroatoms. The summed E-state index contributed by atoms with van der Waals surface area (Å²) in [4.78, 5) is 11.5. The van der Waals surface area contributed by atoms with Crippen LogP contribution in [0.5, 0.6) is 0 Å². The number of fused-ring (bicyclic) bond motifs is 1. The Bertz CT molecular complexity index is 633. The van der Waals surface area contributed by atoms with Crippen LogP contribution in [0.2, 0.25) is 0 Å². The first-order valence-electron chi connectivity index (χ1n) is 7.09. The van der Waals surface area contributed by atoms with E-state index in [1.54, 1.807) is 0 Å². The molecule has 0 saturated carbocycles. The molecule has 0 bridgehead atoms. The van der Waals surface area contributed by atoms with Gasteiger partial charge in [0.15, 0.2) is 0 Å². The molecular weight excluding hydrogens is 268 g/mol. The third kappa shape index (κ3) is 2.39. The Hall–Kier alpha value is -2.30. The van der Waals surface area contributed by atoms with Crippen LogP contribution in [0.25, 0.3) is 0 Å². The molecule has 1 atom stereocenters. The summed E-state index contributed by atoms with van der Waals surface area (Å²) in [6, 6.07) is 7.58. The highest BCUT2D eigenvalue weighted by Crippen LogP contribution is 2.40. The maximum Gasteiger partial charge on any atom is 0.337 e. The third-order valence-corrected chi connectivity index (χ3v) is 4.02. The van der Waals surface area contributed by atoms with Gasteiger partial charge in [-0.25, -0.2) is 4.79 Å². The molecule has 3 rings (SSSR count). The molecule has 1 aromatic carbocycles. The van der Waals surface area contributed by atoms with Crippen LogP contribution in [-0.2, 0) is 11.2 Å². The van der Waals surface area contributed by atoms with Crippen molar-refractivity contribution in [1.82, 2.24) is 5.16 Å². The number of aromatic nitrogens is 1. The monoisotopic (exact) mass is 286 g/mol. The van der Waals surface area contributed by atoms with Gasteiger partial charge in [0, 0.05) is 18.5 Å². The van der Waals surface area contributed by atoms with E-state index in [0.29, 0.717) is 5.56 Å². The van der Waals surface area contributed by atoms with Gasteiger partial charge >= 0.3 is 5.97 Å². The maximum absolute atomic E-state index is 11.5. The Morgan fingerprint density at radius 1 is 1.38 bits per heavy atom. The van der Waals surface area contributed by atoms with Crippen LogP contribution < -0.4 is 5.32 Å². The summed E-state index contributed by atoms with van der Waals surface area (Å²) in [7, 11) is 3.23. The Morgan fingerprint density at radius 3 is 2.81 bits per heavy atom. The molecular formula is C16H18N2O3. The fourth-order valence-electron chi connectivity index (χ4n) is 2.97. The van der Waals surface area contributed by atoms with Gasteiger partial charge in [0.05, 0.1) is 18.4 Å². The average molecular weight is 286 g/mol. The lowest BCUT2D eigenvalue weighted by molar-refractivity contribution is 0.0600. The number of carbonyl (C=O) groups is 1. The summed E-state index contributed by atoms with van der Waals surface area (Å²) in [6.07, 6.45) is 3.10. The normalized spacial score (nSPS) is 17.1. The van der Waals surface area contributed by atoms with Gasteiger partial charge in [0.25, 0.3) is 0 Å². The van der Waals surface area contributed by atoms with Crippen molar-refractivity contribution in [2.75, 3.05) is 19.5 Å². The number of aryl methyl sites for hydroxylation is 1. The molecule has 110 valence electrons. The molecule has 0 amide bonds. The van der Waals surface area contributed by atoms with Crippen LogP contribution in [0.4, 0.5) is 5.88 Å². The average Bonchev–Trinajstić information content (AvgIpc) is 2.97. The molecule has 21 heavy (non-hydrogen) atoms. The molecule has 0 fully saturated rings. The van der Waals surface area contributed by atoms with E-state index in [9.17, 15) is 4.79 Å². The zero-order chi connectivity index (χ0) is 14.8. The Balaban J connectivity index is 1.95. The topological polar surface area (TPSA) is 64.4 Å². The summed E-state index contributed by atoms with van der Waals surface area (Å²) in [5, 5.41) is 7.22. The van der Waals surface area contributed by atoms with Crippen molar-refractivity contribution in [1.29, 1.82) is 0 Å². The van der Waals surface area contributed by atoms with Gasteiger partial charge in [0.2, 0.25) is 5.88 Å². The van der Waals surface area contributed by atoms with Gasteiger partial charge < -0.3 is 14.6 Å². The Morgan fingerprint density at radius 2 is 2.14 bits per heavy atom. The highest BCUT2D eigenvalue weighted by atomic mass is 16.5. The molecule has 0 aliphatic heterocycles. The fraction of sp³-hybridized carbons (Fsp3) is 0.375. The molecule has 2 aromatic rings. The van der Waals surface area contributed by atoms with Gasteiger partial charge in [-0.3, -0.25) is 0 Å². The minimum Gasteiger partial charge on any atom is -0.465 e. The van der Waals surface area contributed by atoms with Gasteiger partial charge in [-0.05, 0) is 37.0 Å². The Labute approximate surface area is 123 Å².